The Morgan fingerprint density at radius 2 is 2.22 bits per heavy atom. The molecule has 1 saturated heterocycles. The molecule has 5 nitrogen and oxygen atoms in total. The summed E-state index contributed by atoms with van der Waals surface area (Å²) in [4.78, 5) is 22.7. The zero-order valence-corrected chi connectivity index (χ0v) is 10.1. The Bertz CT molecular complexity index is 472. The molecule has 0 aliphatic carbocycles. The van der Waals surface area contributed by atoms with Crippen LogP contribution in [-0.2, 0) is 9.59 Å². The summed E-state index contributed by atoms with van der Waals surface area (Å²) < 4.78 is 5.48. The van der Waals surface area contributed by atoms with Gasteiger partial charge in [-0.15, -0.1) is 0 Å². The van der Waals surface area contributed by atoms with E-state index in [0.717, 1.165) is 5.56 Å². The minimum absolute atomic E-state index is 0.333. The molecule has 1 aliphatic rings. The molecule has 0 spiro atoms. The molecule has 5 heteroatoms. The lowest BCUT2D eigenvalue weighted by atomic mass is 9.88. The van der Waals surface area contributed by atoms with Gasteiger partial charge >= 0.3 is 5.97 Å². The number of carbonyl (C=O) groups is 2. The summed E-state index contributed by atoms with van der Waals surface area (Å²) in [7, 11) is 0. The van der Waals surface area contributed by atoms with E-state index in [2.05, 4.69) is 5.32 Å². The van der Waals surface area contributed by atoms with E-state index in [-0.39, 0.29) is 5.92 Å². The smallest absolute Gasteiger partial charge is 0.316 e. The van der Waals surface area contributed by atoms with Crippen LogP contribution in [0.25, 0.3) is 0 Å². The number of para-hydroxylation sites is 1. The predicted octanol–water partition coefficient (Wildman–Crippen LogP) is 0.999. The molecule has 1 aromatic rings. The second-order valence-corrected chi connectivity index (χ2v) is 4.14. The molecule has 18 heavy (non-hydrogen) atoms. The molecule has 0 unspecified atom stereocenters. The fraction of sp³-hybridized carbons (Fsp3) is 0.385. The number of carboxylic acid groups (broad SMARTS) is 1. The summed E-state index contributed by atoms with van der Waals surface area (Å²) >= 11 is 0. The summed E-state index contributed by atoms with van der Waals surface area (Å²) in [5.74, 6) is -2.29. The molecular weight excluding hydrogens is 234 g/mol. The number of benzene rings is 1. The van der Waals surface area contributed by atoms with Crippen molar-refractivity contribution in [2.24, 2.45) is 5.92 Å². The number of rotatable bonds is 4. The molecule has 1 fully saturated rings. The van der Waals surface area contributed by atoms with Crippen LogP contribution in [0.15, 0.2) is 24.3 Å². The van der Waals surface area contributed by atoms with E-state index in [1.165, 1.54) is 0 Å². The maximum Gasteiger partial charge on any atom is 0.316 e. The largest absolute Gasteiger partial charge is 0.494 e. The second kappa shape index (κ2) is 5.08. The van der Waals surface area contributed by atoms with E-state index in [1.807, 2.05) is 25.1 Å². The number of nitrogens with one attached hydrogen (secondary N) is 1. The molecule has 2 rings (SSSR count). The first-order chi connectivity index (χ1) is 8.65. The Morgan fingerprint density at radius 1 is 1.50 bits per heavy atom. The average Bonchev–Trinajstić information content (AvgIpc) is 2.72. The molecule has 2 N–H and O–H groups in total. The Kier molecular flexibility index (Phi) is 3.50. The quantitative estimate of drug-likeness (QED) is 0.780. The maximum atomic E-state index is 11.5. The Balaban J connectivity index is 2.36. The van der Waals surface area contributed by atoms with Gasteiger partial charge in [0.2, 0.25) is 5.91 Å². The van der Waals surface area contributed by atoms with Crippen molar-refractivity contribution in [2.75, 3.05) is 13.2 Å². The van der Waals surface area contributed by atoms with Crippen LogP contribution >= 0.6 is 0 Å². The van der Waals surface area contributed by atoms with Crippen molar-refractivity contribution in [2.45, 2.75) is 12.8 Å². The van der Waals surface area contributed by atoms with Gasteiger partial charge < -0.3 is 15.2 Å². The molecule has 96 valence electrons. The van der Waals surface area contributed by atoms with Gasteiger partial charge in [-0.1, -0.05) is 18.2 Å². The number of hydrogen-bond acceptors (Lipinski definition) is 3. The highest BCUT2D eigenvalue weighted by Crippen LogP contribution is 2.34. The first-order valence-electron chi connectivity index (χ1n) is 5.87. The van der Waals surface area contributed by atoms with Crippen molar-refractivity contribution in [3.63, 3.8) is 0 Å². The summed E-state index contributed by atoms with van der Waals surface area (Å²) in [6.45, 7) is 2.70. The highest BCUT2D eigenvalue weighted by Gasteiger charge is 2.42. The van der Waals surface area contributed by atoms with Crippen LogP contribution in [-0.4, -0.2) is 30.1 Å². The molecule has 0 saturated carbocycles. The predicted molar refractivity (Wildman–Crippen MR) is 64.5 cm³/mol. The van der Waals surface area contributed by atoms with Gasteiger partial charge in [0, 0.05) is 18.0 Å². The first kappa shape index (κ1) is 12.4. The zero-order valence-electron chi connectivity index (χ0n) is 10.1. The van der Waals surface area contributed by atoms with Crippen molar-refractivity contribution in [3.8, 4) is 5.75 Å². The van der Waals surface area contributed by atoms with Crippen molar-refractivity contribution >= 4 is 11.9 Å². The van der Waals surface area contributed by atoms with Gasteiger partial charge in [-0.2, -0.15) is 0 Å². The summed E-state index contributed by atoms with van der Waals surface area (Å²) in [6, 6.07) is 7.25. The third kappa shape index (κ3) is 2.16. The van der Waals surface area contributed by atoms with Crippen LogP contribution in [0.4, 0.5) is 0 Å². The molecular formula is C13H15NO4. The Hall–Kier alpha value is -2.04. The normalized spacial score (nSPS) is 22.6. The summed E-state index contributed by atoms with van der Waals surface area (Å²) in [5, 5.41) is 11.7. The lowest BCUT2D eigenvalue weighted by molar-refractivity contribution is -0.145. The van der Waals surface area contributed by atoms with E-state index in [0.29, 0.717) is 18.9 Å². The van der Waals surface area contributed by atoms with Gasteiger partial charge in [0.1, 0.15) is 11.7 Å². The van der Waals surface area contributed by atoms with Gasteiger partial charge in [0.15, 0.2) is 0 Å². The van der Waals surface area contributed by atoms with Gasteiger partial charge in [-0.25, -0.2) is 0 Å². The highest BCUT2D eigenvalue weighted by atomic mass is 16.5. The first-order valence-corrected chi connectivity index (χ1v) is 5.87. The van der Waals surface area contributed by atoms with E-state index >= 15 is 0 Å². The molecule has 2 atom stereocenters. The van der Waals surface area contributed by atoms with E-state index in [1.54, 1.807) is 6.07 Å². The number of ether oxygens (including phenoxy) is 1. The van der Waals surface area contributed by atoms with E-state index in [4.69, 9.17) is 9.84 Å². The van der Waals surface area contributed by atoms with Crippen molar-refractivity contribution in [3.05, 3.63) is 29.8 Å². The average molecular weight is 249 g/mol. The third-order valence-electron chi connectivity index (χ3n) is 3.07. The summed E-state index contributed by atoms with van der Waals surface area (Å²) in [5.41, 5.74) is 0.769. The minimum atomic E-state index is -1.10. The van der Waals surface area contributed by atoms with Crippen LogP contribution in [0.2, 0.25) is 0 Å². The van der Waals surface area contributed by atoms with Crippen molar-refractivity contribution in [1.29, 1.82) is 0 Å². The number of aliphatic carboxylic acids is 1. The zero-order chi connectivity index (χ0) is 13.1. The number of hydrogen-bond donors (Lipinski definition) is 2. The molecule has 1 heterocycles. The fourth-order valence-electron chi connectivity index (χ4n) is 2.27. The number of amides is 1. The van der Waals surface area contributed by atoms with Crippen LogP contribution < -0.4 is 10.1 Å². The second-order valence-electron chi connectivity index (χ2n) is 4.14. The maximum absolute atomic E-state index is 11.5. The summed E-state index contributed by atoms with van der Waals surface area (Å²) in [6.07, 6.45) is 0. The van der Waals surface area contributed by atoms with Gasteiger partial charge in [0.25, 0.3) is 0 Å². The van der Waals surface area contributed by atoms with Crippen LogP contribution in [0.5, 0.6) is 5.75 Å². The Labute approximate surface area is 105 Å². The lowest BCUT2D eigenvalue weighted by Crippen LogP contribution is -2.26. The Morgan fingerprint density at radius 3 is 2.89 bits per heavy atom. The number of carbonyl (C=O) groups excluding carboxylic acids is 1. The molecule has 0 aromatic heterocycles. The number of carboxylic acids is 1. The van der Waals surface area contributed by atoms with Gasteiger partial charge in [-0.3, -0.25) is 9.59 Å². The fourth-order valence-corrected chi connectivity index (χ4v) is 2.27. The molecule has 1 aromatic carbocycles. The molecule has 0 radical (unpaired) electrons. The standard InChI is InChI=1S/C13H15NO4/c1-2-18-10-6-4-3-5-8(10)9-7-14-12(15)11(9)13(16)17/h3-6,9,11H,2,7H2,1H3,(H,14,15)(H,16,17)/t9-,11-/m0/s1. The van der Waals surface area contributed by atoms with Gasteiger partial charge in [-0.05, 0) is 13.0 Å². The lowest BCUT2D eigenvalue weighted by Gasteiger charge is -2.17. The topological polar surface area (TPSA) is 75.6 Å². The molecule has 0 bridgehead atoms. The van der Waals surface area contributed by atoms with Crippen LogP contribution in [0.1, 0.15) is 18.4 Å². The van der Waals surface area contributed by atoms with Crippen molar-refractivity contribution < 1.29 is 19.4 Å². The van der Waals surface area contributed by atoms with Crippen LogP contribution in [0, 0.1) is 5.92 Å². The van der Waals surface area contributed by atoms with E-state index in [9.17, 15) is 9.59 Å². The van der Waals surface area contributed by atoms with E-state index < -0.39 is 17.8 Å². The molecule has 1 aliphatic heterocycles. The third-order valence-corrected chi connectivity index (χ3v) is 3.07. The monoisotopic (exact) mass is 249 g/mol. The SMILES string of the molecule is CCOc1ccccc1[C@@H]1CNC(=O)[C@H]1C(=O)O. The highest BCUT2D eigenvalue weighted by molar-refractivity contribution is 6.00. The van der Waals surface area contributed by atoms with Crippen LogP contribution in [0.3, 0.4) is 0 Å². The molecule has 1 amide bonds. The minimum Gasteiger partial charge on any atom is -0.494 e. The van der Waals surface area contributed by atoms with Crippen molar-refractivity contribution in [1.82, 2.24) is 5.32 Å². The van der Waals surface area contributed by atoms with Gasteiger partial charge in [0.05, 0.1) is 6.61 Å².